The maximum atomic E-state index is 13.3. The second kappa shape index (κ2) is 10.4. The molecule has 0 aliphatic heterocycles. The molecule has 0 bridgehead atoms. The number of phenolic OH excluding ortho intramolecular Hbond substituents is 1. The molecule has 0 saturated carbocycles. The Morgan fingerprint density at radius 2 is 1.24 bits per heavy atom. The smallest absolute Gasteiger partial charge is 0.345 e. The maximum Gasteiger partial charge on any atom is 0.345 e. The minimum atomic E-state index is -2.29. The summed E-state index contributed by atoms with van der Waals surface area (Å²) in [6.45, 7) is 0.350. The number of hydrogen-bond acceptors (Lipinski definition) is 4. The summed E-state index contributed by atoms with van der Waals surface area (Å²) in [6, 6.07) is 35.8. The molecule has 0 spiro atoms. The van der Waals surface area contributed by atoms with Crippen LogP contribution in [0.1, 0.15) is 11.1 Å². The van der Waals surface area contributed by atoms with E-state index in [4.69, 9.17) is 10.5 Å². The summed E-state index contributed by atoms with van der Waals surface area (Å²) in [6.07, 6.45) is 0.257. The van der Waals surface area contributed by atoms with Crippen LogP contribution >= 0.6 is 7.26 Å². The Morgan fingerprint density at radius 1 is 0.758 bits per heavy atom. The first-order chi connectivity index (χ1) is 16.1. The number of hydrogen-bond donors (Lipinski definition) is 2. The average molecular weight is 457 g/mol. The zero-order valence-electron chi connectivity index (χ0n) is 18.3. The minimum Gasteiger partial charge on any atom is -0.508 e. The van der Waals surface area contributed by atoms with Gasteiger partial charge in [0, 0.05) is 12.1 Å². The quantitative estimate of drug-likeness (QED) is 0.312. The van der Waals surface area contributed by atoms with Crippen molar-refractivity contribution in [2.75, 3.05) is 6.16 Å². The standard InChI is InChI=1S/C28H26NO3P/c29-19-23-18-22(16-17-27(23)30)20-32-28(31)21-33(24-10-4-1-5-11-24,25-12-6-2-7-13-25)26-14-8-3-9-15-26/h1-18H,19-21,29H2/p+1. The van der Waals surface area contributed by atoms with Gasteiger partial charge in [-0.15, -0.1) is 0 Å². The summed E-state index contributed by atoms with van der Waals surface area (Å²) in [7, 11) is -2.29. The van der Waals surface area contributed by atoms with Gasteiger partial charge in [-0.1, -0.05) is 60.7 Å². The van der Waals surface area contributed by atoms with Crippen LogP contribution < -0.4 is 21.6 Å². The fourth-order valence-corrected chi connectivity index (χ4v) is 8.03. The highest BCUT2D eigenvalue weighted by Gasteiger charge is 2.47. The number of phenols is 1. The lowest BCUT2D eigenvalue weighted by Gasteiger charge is -2.26. The van der Waals surface area contributed by atoms with Gasteiger partial charge in [0.15, 0.2) is 6.16 Å². The first-order valence-corrected chi connectivity index (χ1v) is 12.8. The molecule has 0 heterocycles. The van der Waals surface area contributed by atoms with Gasteiger partial charge in [0.25, 0.3) is 0 Å². The molecule has 4 nitrogen and oxygen atoms in total. The number of carbonyl (C=O) groups excluding carboxylic acids is 1. The highest BCUT2D eigenvalue weighted by atomic mass is 31.2. The van der Waals surface area contributed by atoms with Crippen molar-refractivity contribution in [3.63, 3.8) is 0 Å². The van der Waals surface area contributed by atoms with E-state index in [1.165, 1.54) is 0 Å². The Balaban J connectivity index is 1.70. The molecule has 0 saturated heterocycles. The minimum absolute atomic E-state index is 0.129. The fraction of sp³-hybridized carbons (Fsp3) is 0.107. The molecule has 3 N–H and O–H groups in total. The van der Waals surface area contributed by atoms with Crippen LogP contribution in [0.25, 0.3) is 0 Å². The van der Waals surface area contributed by atoms with Crippen molar-refractivity contribution in [3.05, 3.63) is 120 Å². The molecule has 0 atom stereocenters. The average Bonchev–Trinajstić information content (AvgIpc) is 2.88. The van der Waals surface area contributed by atoms with Crippen LogP contribution in [0.2, 0.25) is 0 Å². The lowest BCUT2D eigenvalue weighted by molar-refractivity contribution is -0.141. The first-order valence-electron chi connectivity index (χ1n) is 10.8. The molecule has 0 aliphatic carbocycles. The van der Waals surface area contributed by atoms with Crippen molar-refractivity contribution in [1.29, 1.82) is 0 Å². The third kappa shape index (κ3) is 4.98. The number of rotatable bonds is 8. The van der Waals surface area contributed by atoms with Gasteiger partial charge in [-0.25, -0.2) is 4.79 Å². The molecule has 4 rings (SSSR count). The zero-order valence-corrected chi connectivity index (χ0v) is 19.2. The van der Waals surface area contributed by atoms with Crippen LogP contribution in [-0.4, -0.2) is 17.2 Å². The van der Waals surface area contributed by atoms with Gasteiger partial charge >= 0.3 is 5.97 Å². The second-order valence-corrected chi connectivity index (χ2v) is 11.3. The van der Waals surface area contributed by atoms with Crippen LogP contribution in [0.4, 0.5) is 0 Å². The van der Waals surface area contributed by atoms with Crippen molar-refractivity contribution in [2.45, 2.75) is 13.2 Å². The van der Waals surface area contributed by atoms with Crippen molar-refractivity contribution in [3.8, 4) is 5.75 Å². The molecule has 0 amide bonds. The van der Waals surface area contributed by atoms with E-state index in [0.29, 0.717) is 5.56 Å². The molecule has 0 unspecified atom stereocenters. The van der Waals surface area contributed by atoms with Gasteiger partial charge in [-0.2, -0.15) is 0 Å². The largest absolute Gasteiger partial charge is 0.508 e. The van der Waals surface area contributed by atoms with Crippen LogP contribution in [-0.2, 0) is 22.7 Å². The highest BCUT2D eigenvalue weighted by Crippen LogP contribution is 2.55. The van der Waals surface area contributed by atoms with E-state index < -0.39 is 7.26 Å². The first kappa shape index (κ1) is 22.7. The van der Waals surface area contributed by atoms with E-state index in [-0.39, 0.29) is 31.0 Å². The summed E-state index contributed by atoms with van der Waals surface area (Å²) in [5.74, 6) is -0.114. The lowest BCUT2D eigenvalue weighted by Crippen LogP contribution is -2.36. The molecular weight excluding hydrogens is 429 g/mol. The van der Waals surface area contributed by atoms with Gasteiger partial charge < -0.3 is 15.6 Å². The number of carbonyl (C=O) groups is 1. The molecule has 0 radical (unpaired) electrons. The number of nitrogens with two attached hydrogens (primary N) is 1. The number of ether oxygens (including phenoxy) is 1. The van der Waals surface area contributed by atoms with E-state index in [2.05, 4.69) is 36.4 Å². The maximum absolute atomic E-state index is 13.3. The summed E-state index contributed by atoms with van der Waals surface area (Å²) in [5, 5.41) is 13.3. The van der Waals surface area contributed by atoms with E-state index in [9.17, 15) is 9.90 Å². The summed E-state index contributed by atoms with van der Waals surface area (Å²) >= 11 is 0. The van der Waals surface area contributed by atoms with Crippen LogP contribution in [0.15, 0.2) is 109 Å². The number of benzene rings is 4. The third-order valence-corrected chi connectivity index (χ3v) is 9.99. The Kier molecular flexibility index (Phi) is 7.19. The fourth-order valence-electron chi connectivity index (χ4n) is 4.06. The predicted molar refractivity (Wildman–Crippen MR) is 136 cm³/mol. The molecule has 33 heavy (non-hydrogen) atoms. The van der Waals surface area contributed by atoms with Gasteiger partial charge in [0.2, 0.25) is 0 Å². The Bertz CT molecular complexity index is 1100. The highest BCUT2D eigenvalue weighted by molar-refractivity contribution is 7.96. The molecule has 4 aromatic carbocycles. The molecule has 5 heteroatoms. The van der Waals surface area contributed by atoms with Crippen LogP contribution in [0, 0.1) is 0 Å². The van der Waals surface area contributed by atoms with Gasteiger partial charge in [0.1, 0.15) is 35.5 Å². The van der Waals surface area contributed by atoms with E-state index in [1.807, 2.05) is 54.6 Å². The van der Waals surface area contributed by atoms with Crippen molar-refractivity contribution in [2.24, 2.45) is 5.73 Å². The normalized spacial score (nSPS) is 11.2. The van der Waals surface area contributed by atoms with E-state index in [0.717, 1.165) is 21.5 Å². The molecule has 0 aliphatic rings. The van der Waals surface area contributed by atoms with Crippen LogP contribution in [0.3, 0.4) is 0 Å². The van der Waals surface area contributed by atoms with E-state index >= 15 is 0 Å². The SMILES string of the molecule is NCc1cc(COC(=O)C[P+](c2ccccc2)(c2ccccc2)c2ccccc2)ccc1O. The monoisotopic (exact) mass is 456 g/mol. The predicted octanol–water partition coefficient (Wildman–Crippen LogP) is 3.89. The Hall–Kier alpha value is -3.46. The van der Waals surface area contributed by atoms with Crippen molar-refractivity contribution >= 4 is 29.1 Å². The molecule has 166 valence electrons. The molecule has 4 aromatic rings. The third-order valence-electron chi connectivity index (χ3n) is 5.72. The second-order valence-electron chi connectivity index (χ2n) is 7.80. The van der Waals surface area contributed by atoms with E-state index in [1.54, 1.807) is 18.2 Å². The molecule has 0 fully saturated rings. The lowest BCUT2D eigenvalue weighted by atomic mass is 10.1. The van der Waals surface area contributed by atoms with Crippen molar-refractivity contribution < 1.29 is 14.6 Å². The molecular formula is C28H27NO3P+. The molecule has 0 aromatic heterocycles. The van der Waals surface area contributed by atoms with Gasteiger partial charge in [-0.3, -0.25) is 0 Å². The summed E-state index contributed by atoms with van der Waals surface area (Å²) < 4.78 is 5.75. The Labute approximate surface area is 195 Å². The van der Waals surface area contributed by atoms with Gasteiger partial charge in [0.05, 0.1) is 0 Å². The Morgan fingerprint density at radius 3 is 1.70 bits per heavy atom. The van der Waals surface area contributed by atoms with Gasteiger partial charge in [-0.05, 0) is 54.1 Å². The van der Waals surface area contributed by atoms with Crippen LogP contribution in [0.5, 0.6) is 5.75 Å². The number of esters is 1. The number of aromatic hydroxyl groups is 1. The summed E-state index contributed by atoms with van der Waals surface area (Å²) in [5.41, 5.74) is 7.11. The summed E-state index contributed by atoms with van der Waals surface area (Å²) in [4.78, 5) is 13.3. The zero-order chi connectivity index (χ0) is 23.1. The van der Waals surface area contributed by atoms with Crippen molar-refractivity contribution in [1.82, 2.24) is 0 Å². The topological polar surface area (TPSA) is 72.5 Å².